The van der Waals surface area contributed by atoms with Crippen molar-refractivity contribution < 1.29 is 18.3 Å². The molecule has 2 unspecified atom stereocenters. The molecule has 0 saturated carbocycles. The van der Waals surface area contributed by atoms with Crippen LogP contribution in [0.4, 0.5) is 13.2 Å². The number of thioether (sulfide) groups is 1. The summed E-state index contributed by atoms with van der Waals surface area (Å²) in [5.41, 5.74) is 0. The summed E-state index contributed by atoms with van der Waals surface area (Å²) < 4.78 is 36.3. The van der Waals surface area contributed by atoms with Gasteiger partial charge in [0.2, 0.25) is 0 Å². The first-order valence-electron chi connectivity index (χ1n) is 5.02. The fraction of sp³-hybridized carbons (Fsp3) is 1.00. The van der Waals surface area contributed by atoms with Gasteiger partial charge in [-0.1, -0.05) is 6.92 Å². The van der Waals surface area contributed by atoms with Crippen molar-refractivity contribution in [1.29, 1.82) is 0 Å². The van der Waals surface area contributed by atoms with Crippen LogP contribution in [0.3, 0.4) is 0 Å². The molecule has 6 heteroatoms. The lowest BCUT2D eigenvalue weighted by Gasteiger charge is -2.33. The van der Waals surface area contributed by atoms with E-state index in [2.05, 4.69) is 0 Å². The molecule has 0 aliphatic carbocycles. The van der Waals surface area contributed by atoms with Crippen LogP contribution in [-0.2, 0) is 0 Å². The van der Waals surface area contributed by atoms with Gasteiger partial charge < -0.3 is 5.11 Å². The molecule has 0 spiro atoms. The van der Waals surface area contributed by atoms with Gasteiger partial charge in [-0.3, -0.25) is 4.90 Å². The van der Waals surface area contributed by atoms with Crippen molar-refractivity contribution in [2.75, 3.05) is 25.4 Å². The molecule has 0 aromatic carbocycles. The molecular formula is C9H16F3NOS. The lowest BCUT2D eigenvalue weighted by atomic mass is 10.2. The molecule has 1 saturated heterocycles. The van der Waals surface area contributed by atoms with Crippen molar-refractivity contribution in [3.8, 4) is 0 Å². The zero-order chi connectivity index (χ0) is 11.5. The smallest absolute Gasteiger partial charge is 0.382 e. The van der Waals surface area contributed by atoms with Gasteiger partial charge in [-0.05, 0) is 6.42 Å². The van der Waals surface area contributed by atoms with E-state index in [-0.39, 0.29) is 6.54 Å². The van der Waals surface area contributed by atoms with Gasteiger partial charge in [0.1, 0.15) is 0 Å². The third-order valence-corrected chi connectivity index (χ3v) is 3.86. The van der Waals surface area contributed by atoms with Gasteiger partial charge in [0.25, 0.3) is 0 Å². The molecule has 1 rings (SSSR count). The van der Waals surface area contributed by atoms with Crippen molar-refractivity contribution in [3.05, 3.63) is 0 Å². The maximum atomic E-state index is 12.1. The maximum Gasteiger partial charge on any atom is 0.415 e. The molecule has 1 fully saturated rings. The average molecular weight is 243 g/mol. The summed E-state index contributed by atoms with van der Waals surface area (Å²) in [5.74, 6) is 0.850. The van der Waals surface area contributed by atoms with E-state index in [1.54, 1.807) is 16.7 Å². The van der Waals surface area contributed by atoms with Gasteiger partial charge in [0.05, 0.1) is 0 Å². The Morgan fingerprint density at radius 1 is 1.53 bits per heavy atom. The third kappa shape index (κ3) is 4.20. The van der Waals surface area contributed by atoms with Crippen LogP contribution in [0.2, 0.25) is 0 Å². The highest BCUT2D eigenvalue weighted by Crippen LogP contribution is 2.24. The van der Waals surface area contributed by atoms with Crippen LogP contribution < -0.4 is 0 Å². The van der Waals surface area contributed by atoms with Crippen LogP contribution in [0.1, 0.15) is 13.3 Å². The summed E-state index contributed by atoms with van der Waals surface area (Å²) in [6.07, 6.45) is -5.74. The van der Waals surface area contributed by atoms with E-state index in [0.29, 0.717) is 18.3 Å². The second-order valence-electron chi connectivity index (χ2n) is 3.72. The summed E-state index contributed by atoms with van der Waals surface area (Å²) >= 11 is 1.80. The van der Waals surface area contributed by atoms with Crippen molar-refractivity contribution in [3.63, 3.8) is 0 Å². The van der Waals surface area contributed by atoms with Gasteiger partial charge >= 0.3 is 6.18 Å². The molecule has 1 N–H and O–H groups in total. The Bertz CT molecular complexity index is 200. The molecule has 0 bridgehead atoms. The van der Waals surface area contributed by atoms with Gasteiger partial charge in [0, 0.05) is 30.6 Å². The van der Waals surface area contributed by atoms with Crippen LogP contribution in [0.5, 0.6) is 0 Å². The number of halogens is 3. The number of aliphatic hydroxyl groups excluding tert-OH is 1. The summed E-state index contributed by atoms with van der Waals surface area (Å²) in [6.45, 7) is 3.02. The van der Waals surface area contributed by atoms with Crippen molar-refractivity contribution >= 4 is 11.8 Å². The predicted molar refractivity (Wildman–Crippen MR) is 55.0 cm³/mol. The fourth-order valence-corrected chi connectivity index (χ4v) is 2.79. The van der Waals surface area contributed by atoms with Crippen molar-refractivity contribution in [1.82, 2.24) is 4.90 Å². The Labute approximate surface area is 91.8 Å². The minimum atomic E-state index is -4.49. The topological polar surface area (TPSA) is 23.5 Å². The lowest BCUT2D eigenvalue weighted by molar-refractivity contribution is -0.208. The second-order valence-corrected chi connectivity index (χ2v) is 5.13. The average Bonchev–Trinajstić information content (AvgIpc) is 2.16. The van der Waals surface area contributed by atoms with Crippen LogP contribution in [-0.4, -0.2) is 52.9 Å². The minimum Gasteiger partial charge on any atom is -0.382 e. The first kappa shape index (κ1) is 13.1. The van der Waals surface area contributed by atoms with Crippen molar-refractivity contribution in [2.24, 2.45) is 0 Å². The molecule has 1 aliphatic heterocycles. The first-order valence-corrected chi connectivity index (χ1v) is 6.07. The Morgan fingerprint density at radius 3 is 2.73 bits per heavy atom. The highest BCUT2D eigenvalue weighted by molar-refractivity contribution is 8.00. The lowest BCUT2D eigenvalue weighted by Crippen LogP contribution is -2.46. The summed E-state index contributed by atoms with van der Waals surface area (Å²) in [5, 5.41) is 9.33. The van der Waals surface area contributed by atoms with E-state index in [4.69, 9.17) is 5.11 Å². The zero-order valence-corrected chi connectivity index (χ0v) is 9.44. The van der Waals surface area contributed by atoms with Crippen LogP contribution in [0, 0.1) is 0 Å². The molecule has 2 atom stereocenters. The second kappa shape index (κ2) is 5.41. The van der Waals surface area contributed by atoms with Gasteiger partial charge in [-0.25, -0.2) is 0 Å². The normalized spacial score (nSPS) is 26.6. The minimum absolute atomic E-state index is 0.291. The van der Waals surface area contributed by atoms with E-state index in [0.717, 1.165) is 12.2 Å². The summed E-state index contributed by atoms with van der Waals surface area (Å²) in [7, 11) is 0. The predicted octanol–water partition coefficient (Wildman–Crippen LogP) is 1.74. The number of aliphatic hydroxyl groups is 1. The Morgan fingerprint density at radius 2 is 2.20 bits per heavy atom. The molecule has 0 amide bonds. The number of β-amino-alcohol motifs (C(OH)–C–C–N with tert-alkyl or cyclic N) is 1. The molecule has 15 heavy (non-hydrogen) atoms. The van der Waals surface area contributed by atoms with Crippen molar-refractivity contribution in [2.45, 2.75) is 30.9 Å². The van der Waals surface area contributed by atoms with E-state index in [1.165, 1.54) is 0 Å². The van der Waals surface area contributed by atoms with Gasteiger partial charge in [-0.2, -0.15) is 24.9 Å². The standard InChI is InChI=1S/C9H16F3NOS/c1-2-7-5-13(3-4-15-7)6-8(14)9(10,11)12/h7-8,14H,2-6H2,1H3. The Balaban J connectivity index is 2.38. The first-order chi connectivity index (χ1) is 6.93. The molecule has 1 aliphatic rings. The molecule has 0 aromatic rings. The quantitative estimate of drug-likeness (QED) is 0.816. The highest BCUT2D eigenvalue weighted by atomic mass is 32.2. The van der Waals surface area contributed by atoms with Crippen LogP contribution in [0.25, 0.3) is 0 Å². The van der Waals surface area contributed by atoms with E-state index in [9.17, 15) is 13.2 Å². The van der Waals surface area contributed by atoms with Crippen LogP contribution in [0.15, 0.2) is 0 Å². The number of alkyl halides is 3. The number of nitrogens with zero attached hydrogens (tertiary/aromatic N) is 1. The third-order valence-electron chi connectivity index (χ3n) is 2.49. The largest absolute Gasteiger partial charge is 0.415 e. The molecular weight excluding hydrogens is 227 g/mol. The monoisotopic (exact) mass is 243 g/mol. The fourth-order valence-electron chi connectivity index (χ4n) is 1.54. The molecule has 1 heterocycles. The maximum absolute atomic E-state index is 12.1. The van der Waals surface area contributed by atoms with Crippen LogP contribution >= 0.6 is 11.8 Å². The number of hydrogen-bond donors (Lipinski definition) is 1. The Hall–Kier alpha value is 0.0600. The van der Waals surface area contributed by atoms with E-state index >= 15 is 0 Å². The summed E-state index contributed by atoms with van der Waals surface area (Å²) in [6, 6.07) is 0. The number of hydrogen-bond acceptors (Lipinski definition) is 3. The highest BCUT2D eigenvalue weighted by Gasteiger charge is 2.39. The Kier molecular flexibility index (Phi) is 4.73. The van der Waals surface area contributed by atoms with E-state index in [1.807, 2.05) is 6.92 Å². The van der Waals surface area contributed by atoms with Gasteiger partial charge in [0.15, 0.2) is 6.10 Å². The molecule has 90 valence electrons. The molecule has 0 aromatic heterocycles. The SMILES string of the molecule is CCC1CN(CC(O)C(F)(F)F)CCS1. The molecule has 2 nitrogen and oxygen atoms in total. The zero-order valence-electron chi connectivity index (χ0n) is 8.63. The number of rotatable bonds is 3. The van der Waals surface area contributed by atoms with Gasteiger partial charge in [-0.15, -0.1) is 0 Å². The van der Waals surface area contributed by atoms with E-state index < -0.39 is 12.3 Å². The summed E-state index contributed by atoms with van der Waals surface area (Å²) in [4.78, 5) is 1.70. The molecule has 0 radical (unpaired) electrons.